The Balaban J connectivity index is 2.05. The molecule has 0 radical (unpaired) electrons. The van der Waals surface area contributed by atoms with E-state index >= 15 is 0 Å². The largest absolute Gasteiger partial charge is 0.277 e. The normalized spacial score (nSPS) is 13.6. The molecule has 0 amide bonds. The summed E-state index contributed by atoms with van der Waals surface area (Å²) in [7, 11) is 0. The van der Waals surface area contributed by atoms with E-state index in [4.69, 9.17) is 0 Å². The highest BCUT2D eigenvalue weighted by Gasteiger charge is 2.26. The third-order valence-corrected chi connectivity index (χ3v) is 5.08. The molecule has 3 aromatic heterocycles. The molecule has 0 fully saturated rings. The summed E-state index contributed by atoms with van der Waals surface area (Å²) < 4.78 is 1.69. The minimum absolute atomic E-state index is 0.0530. The topological polar surface area (TPSA) is 96.5 Å². The minimum Gasteiger partial charge on any atom is -0.277 e. The molecule has 0 aliphatic carbocycles. The maximum absolute atomic E-state index is 4.64. The van der Waals surface area contributed by atoms with E-state index in [1.807, 2.05) is 0 Å². The fraction of sp³-hybridized carbons (Fsp3) is 0.647. The van der Waals surface area contributed by atoms with Gasteiger partial charge in [-0.15, -0.1) is 25.5 Å². The molecule has 140 valence electrons. The molecule has 0 saturated carbocycles. The number of nitrogens with one attached hydrogen (secondary N) is 1. The number of rotatable bonds is 3. The van der Waals surface area contributed by atoms with E-state index in [1.54, 1.807) is 4.63 Å². The van der Waals surface area contributed by atoms with Crippen molar-refractivity contribution in [3.63, 3.8) is 0 Å². The molecule has 0 unspecified atom stereocenters. The summed E-state index contributed by atoms with van der Waals surface area (Å²) in [6.45, 7) is 16.8. The Morgan fingerprint density at radius 3 is 2.23 bits per heavy atom. The molecule has 0 aliphatic rings. The Kier molecular flexibility index (Phi) is 4.46. The molecule has 26 heavy (non-hydrogen) atoms. The number of H-pyrrole nitrogens is 1. The number of aromatic amines is 1. The lowest BCUT2D eigenvalue weighted by molar-refractivity contribution is 0.555. The SMILES string of the molecule is CC(C)c1nc2c(N=Nc3nnc(C(C)(C)C)s3)c(C(C)(C)C)[nH]n2n1. The molecule has 3 heterocycles. The predicted octanol–water partition coefficient (Wildman–Crippen LogP) is 5.04. The molecular weight excluding hydrogens is 348 g/mol. The number of hydrogen-bond donors (Lipinski definition) is 1. The molecule has 3 aromatic rings. The number of fused-ring (bicyclic) bond motifs is 1. The van der Waals surface area contributed by atoms with Crippen LogP contribution >= 0.6 is 11.3 Å². The molecular formula is C17H26N8S. The molecule has 0 atom stereocenters. The van der Waals surface area contributed by atoms with E-state index in [-0.39, 0.29) is 16.7 Å². The summed E-state index contributed by atoms with van der Waals surface area (Å²) in [4.78, 5) is 4.64. The summed E-state index contributed by atoms with van der Waals surface area (Å²) in [6, 6.07) is 0. The van der Waals surface area contributed by atoms with E-state index in [1.165, 1.54) is 11.3 Å². The van der Waals surface area contributed by atoms with Gasteiger partial charge in [0.05, 0.1) is 5.69 Å². The van der Waals surface area contributed by atoms with Crippen LogP contribution in [-0.2, 0) is 10.8 Å². The van der Waals surface area contributed by atoms with Crippen molar-refractivity contribution in [2.75, 3.05) is 0 Å². The zero-order valence-electron chi connectivity index (χ0n) is 16.6. The van der Waals surface area contributed by atoms with Crippen LogP contribution in [0.3, 0.4) is 0 Å². The van der Waals surface area contributed by atoms with Gasteiger partial charge in [-0.2, -0.15) is 4.63 Å². The third kappa shape index (κ3) is 3.53. The van der Waals surface area contributed by atoms with Crippen LogP contribution in [0, 0.1) is 0 Å². The Labute approximate surface area is 157 Å². The molecule has 0 bridgehead atoms. The van der Waals surface area contributed by atoms with Crippen molar-refractivity contribution in [2.45, 2.75) is 72.1 Å². The average molecular weight is 375 g/mol. The maximum atomic E-state index is 4.64. The predicted molar refractivity (Wildman–Crippen MR) is 103 cm³/mol. The molecule has 0 aromatic carbocycles. The van der Waals surface area contributed by atoms with Crippen molar-refractivity contribution >= 4 is 27.8 Å². The van der Waals surface area contributed by atoms with Gasteiger partial charge in [0.15, 0.2) is 11.5 Å². The van der Waals surface area contributed by atoms with Gasteiger partial charge in [0.25, 0.3) is 5.13 Å². The smallest absolute Gasteiger partial charge is 0.251 e. The molecule has 0 spiro atoms. The number of hydrogen-bond acceptors (Lipinski definition) is 7. The lowest BCUT2D eigenvalue weighted by Crippen LogP contribution is -2.12. The van der Waals surface area contributed by atoms with Gasteiger partial charge in [-0.1, -0.05) is 66.7 Å². The van der Waals surface area contributed by atoms with Crippen LogP contribution in [0.4, 0.5) is 10.8 Å². The van der Waals surface area contributed by atoms with Gasteiger partial charge in [0, 0.05) is 16.7 Å². The van der Waals surface area contributed by atoms with Crippen LogP contribution in [-0.4, -0.2) is 30.0 Å². The first-order chi connectivity index (χ1) is 12.0. The van der Waals surface area contributed by atoms with Crippen LogP contribution in [0.2, 0.25) is 0 Å². The number of azo groups is 1. The summed E-state index contributed by atoms with van der Waals surface area (Å²) >= 11 is 1.45. The van der Waals surface area contributed by atoms with Crippen molar-refractivity contribution in [1.82, 2.24) is 30.0 Å². The van der Waals surface area contributed by atoms with Crippen molar-refractivity contribution in [3.05, 3.63) is 16.5 Å². The summed E-state index contributed by atoms with van der Waals surface area (Å²) in [5.41, 5.74) is 2.12. The second-order valence-corrected chi connectivity index (χ2v) is 9.74. The van der Waals surface area contributed by atoms with Gasteiger partial charge in [-0.25, -0.2) is 4.98 Å². The van der Waals surface area contributed by atoms with E-state index < -0.39 is 0 Å². The summed E-state index contributed by atoms with van der Waals surface area (Å²) in [6.07, 6.45) is 0. The fourth-order valence-electron chi connectivity index (χ4n) is 2.34. The Bertz CT molecular complexity index is 946. The number of nitrogens with zero attached hydrogens (tertiary/aromatic N) is 7. The van der Waals surface area contributed by atoms with Gasteiger partial charge in [0.2, 0.25) is 5.65 Å². The van der Waals surface area contributed by atoms with Crippen LogP contribution in [0.15, 0.2) is 10.2 Å². The van der Waals surface area contributed by atoms with E-state index in [2.05, 4.69) is 91.0 Å². The first-order valence-corrected chi connectivity index (χ1v) is 9.53. The standard InChI is InChI=1S/C17H26N8S/c1-9(2)12-18-13-10(11(16(3,4)5)23-25(13)24-12)19-21-15-22-20-14(26-15)17(6,7)8/h9,23H,1-8H3. The zero-order chi connectivity index (χ0) is 19.3. The van der Waals surface area contributed by atoms with Crippen LogP contribution in [0.5, 0.6) is 0 Å². The van der Waals surface area contributed by atoms with E-state index in [0.717, 1.165) is 16.5 Å². The van der Waals surface area contributed by atoms with Gasteiger partial charge in [0.1, 0.15) is 5.01 Å². The van der Waals surface area contributed by atoms with Gasteiger partial charge >= 0.3 is 0 Å². The van der Waals surface area contributed by atoms with Gasteiger partial charge < -0.3 is 0 Å². The molecule has 3 rings (SSSR count). The zero-order valence-corrected chi connectivity index (χ0v) is 17.4. The monoisotopic (exact) mass is 374 g/mol. The minimum atomic E-state index is -0.146. The lowest BCUT2D eigenvalue weighted by atomic mass is 9.91. The molecule has 1 N–H and O–H groups in total. The number of aromatic nitrogens is 6. The van der Waals surface area contributed by atoms with Crippen LogP contribution in [0.1, 0.15) is 77.8 Å². The fourth-order valence-corrected chi connectivity index (χ4v) is 3.07. The molecule has 9 heteroatoms. The molecule has 0 aliphatic heterocycles. The quantitative estimate of drug-likeness (QED) is 0.649. The summed E-state index contributed by atoms with van der Waals surface area (Å²) in [5, 5.41) is 26.5. The third-order valence-electron chi connectivity index (χ3n) is 3.85. The first kappa shape index (κ1) is 18.6. The van der Waals surface area contributed by atoms with Crippen molar-refractivity contribution in [3.8, 4) is 0 Å². The van der Waals surface area contributed by atoms with Crippen LogP contribution < -0.4 is 0 Å². The van der Waals surface area contributed by atoms with Crippen molar-refractivity contribution in [2.24, 2.45) is 10.2 Å². The van der Waals surface area contributed by atoms with Crippen LogP contribution in [0.25, 0.3) is 5.65 Å². The Morgan fingerprint density at radius 2 is 1.69 bits per heavy atom. The highest BCUT2D eigenvalue weighted by atomic mass is 32.1. The highest BCUT2D eigenvalue weighted by molar-refractivity contribution is 7.15. The second-order valence-electron chi connectivity index (χ2n) is 8.79. The van der Waals surface area contributed by atoms with Crippen molar-refractivity contribution < 1.29 is 0 Å². The summed E-state index contributed by atoms with van der Waals surface area (Å²) in [5.74, 6) is 1.02. The first-order valence-electron chi connectivity index (χ1n) is 8.71. The lowest BCUT2D eigenvalue weighted by Gasteiger charge is -2.16. The van der Waals surface area contributed by atoms with Gasteiger partial charge in [-0.3, -0.25) is 5.10 Å². The Hall–Kier alpha value is -2.16. The van der Waals surface area contributed by atoms with E-state index in [9.17, 15) is 0 Å². The molecule has 0 saturated heterocycles. The van der Waals surface area contributed by atoms with E-state index in [0.29, 0.717) is 16.5 Å². The molecule has 8 nitrogen and oxygen atoms in total. The average Bonchev–Trinajstić information content (AvgIpc) is 3.17. The van der Waals surface area contributed by atoms with Gasteiger partial charge in [-0.05, 0) is 0 Å². The Morgan fingerprint density at radius 1 is 1.00 bits per heavy atom. The highest BCUT2D eigenvalue weighted by Crippen LogP contribution is 2.36. The maximum Gasteiger partial charge on any atom is 0.251 e. The van der Waals surface area contributed by atoms with Crippen molar-refractivity contribution in [1.29, 1.82) is 0 Å². The second kappa shape index (κ2) is 6.22.